The number of benzene rings is 2. The lowest BCUT2D eigenvalue weighted by Gasteiger charge is -2.05. The summed E-state index contributed by atoms with van der Waals surface area (Å²) in [6.07, 6.45) is 4.87. The third-order valence-electron chi connectivity index (χ3n) is 2.84. The molecule has 0 heterocycles. The van der Waals surface area contributed by atoms with Gasteiger partial charge in [-0.3, -0.25) is 0 Å². The molecule has 0 N–H and O–H groups in total. The van der Waals surface area contributed by atoms with E-state index in [4.69, 9.17) is 0 Å². The predicted molar refractivity (Wildman–Crippen MR) is 74.9 cm³/mol. The van der Waals surface area contributed by atoms with Crippen LogP contribution in [0.15, 0.2) is 66.7 Å². The van der Waals surface area contributed by atoms with Crippen molar-refractivity contribution in [2.24, 2.45) is 0 Å². The molecule has 0 fully saturated rings. The van der Waals surface area contributed by atoms with Crippen LogP contribution >= 0.6 is 0 Å². The molecule has 0 radical (unpaired) electrons. The van der Waals surface area contributed by atoms with Gasteiger partial charge in [0.15, 0.2) is 0 Å². The summed E-state index contributed by atoms with van der Waals surface area (Å²) in [5, 5.41) is 9.19. The van der Waals surface area contributed by atoms with Crippen LogP contribution in [-0.2, 0) is 0 Å². The van der Waals surface area contributed by atoms with Crippen LogP contribution < -0.4 is 0 Å². The van der Waals surface area contributed by atoms with Gasteiger partial charge in [0.05, 0.1) is 12.0 Å². The molecule has 1 nitrogen and oxygen atoms in total. The topological polar surface area (TPSA) is 23.8 Å². The molecule has 1 unspecified atom stereocenters. The molecule has 0 saturated heterocycles. The van der Waals surface area contributed by atoms with E-state index < -0.39 is 0 Å². The second kappa shape index (κ2) is 6.42. The van der Waals surface area contributed by atoms with E-state index in [-0.39, 0.29) is 5.92 Å². The van der Waals surface area contributed by atoms with E-state index in [1.54, 1.807) is 0 Å². The van der Waals surface area contributed by atoms with E-state index in [0.717, 1.165) is 12.0 Å². The first-order valence-electron chi connectivity index (χ1n) is 6.06. The summed E-state index contributed by atoms with van der Waals surface area (Å²) < 4.78 is 0. The molecule has 0 aromatic heterocycles. The average molecular weight is 233 g/mol. The average Bonchev–Trinajstić information content (AvgIpc) is 2.46. The maximum atomic E-state index is 9.19. The van der Waals surface area contributed by atoms with Gasteiger partial charge in [-0.05, 0) is 17.5 Å². The summed E-state index contributed by atoms with van der Waals surface area (Å²) in [5.74, 6) is -0.0637. The van der Waals surface area contributed by atoms with Gasteiger partial charge in [-0.2, -0.15) is 5.26 Å². The number of hydrogen-bond acceptors (Lipinski definition) is 1. The monoisotopic (exact) mass is 233 g/mol. The van der Waals surface area contributed by atoms with Gasteiger partial charge in [0.2, 0.25) is 0 Å². The Morgan fingerprint density at radius 2 is 1.56 bits per heavy atom. The Morgan fingerprint density at radius 1 is 0.944 bits per heavy atom. The first-order chi connectivity index (χ1) is 8.90. The fraction of sp³-hybridized carbons (Fsp3) is 0.118. The number of allylic oxidation sites excluding steroid dienone is 1. The maximum absolute atomic E-state index is 9.19. The molecular weight excluding hydrogens is 218 g/mol. The summed E-state index contributed by atoms with van der Waals surface area (Å²) in [6, 6.07) is 22.4. The van der Waals surface area contributed by atoms with Gasteiger partial charge < -0.3 is 0 Å². The molecule has 2 aromatic rings. The molecule has 18 heavy (non-hydrogen) atoms. The SMILES string of the molecule is N#CC(C/C=C/c1ccccc1)c1ccccc1. The van der Waals surface area contributed by atoms with Crippen molar-refractivity contribution < 1.29 is 0 Å². The van der Waals surface area contributed by atoms with E-state index in [1.807, 2.05) is 48.5 Å². The van der Waals surface area contributed by atoms with Crippen LogP contribution in [0.4, 0.5) is 0 Å². The lowest BCUT2D eigenvalue weighted by atomic mass is 9.97. The zero-order chi connectivity index (χ0) is 12.6. The molecule has 0 aliphatic rings. The minimum Gasteiger partial charge on any atom is -0.198 e. The first-order valence-corrected chi connectivity index (χ1v) is 6.06. The van der Waals surface area contributed by atoms with Crippen molar-refractivity contribution in [2.75, 3.05) is 0 Å². The van der Waals surface area contributed by atoms with Gasteiger partial charge in [-0.1, -0.05) is 72.8 Å². The minimum absolute atomic E-state index is 0.0637. The molecule has 1 atom stereocenters. The Balaban J connectivity index is 2.01. The fourth-order valence-corrected chi connectivity index (χ4v) is 1.85. The molecule has 0 bridgehead atoms. The molecule has 2 rings (SSSR count). The predicted octanol–water partition coefficient (Wildman–Crippen LogP) is 4.40. The third kappa shape index (κ3) is 3.33. The van der Waals surface area contributed by atoms with Crippen molar-refractivity contribution in [1.82, 2.24) is 0 Å². The molecule has 0 aliphatic carbocycles. The number of nitriles is 1. The van der Waals surface area contributed by atoms with E-state index in [9.17, 15) is 5.26 Å². The van der Waals surface area contributed by atoms with Gasteiger partial charge in [0, 0.05) is 0 Å². The number of hydrogen-bond donors (Lipinski definition) is 0. The smallest absolute Gasteiger partial charge is 0.0747 e. The van der Waals surface area contributed by atoms with Crippen LogP contribution in [0.3, 0.4) is 0 Å². The highest BCUT2D eigenvalue weighted by molar-refractivity contribution is 5.49. The molecular formula is C17H15N. The quantitative estimate of drug-likeness (QED) is 0.768. The summed E-state index contributed by atoms with van der Waals surface area (Å²) in [4.78, 5) is 0. The lowest BCUT2D eigenvalue weighted by Crippen LogP contribution is -1.93. The maximum Gasteiger partial charge on any atom is 0.0747 e. The summed E-state index contributed by atoms with van der Waals surface area (Å²) in [5.41, 5.74) is 2.25. The van der Waals surface area contributed by atoms with Crippen molar-refractivity contribution in [3.8, 4) is 6.07 Å². The standard InChI is InChI=1S/C17H15N/c18-14-17(16-11-5-2-6-12-16)13-7-10-15-8-3-1-4-9-15/h1-12,17H,13H2/b10-7+. The van der Waals surface area contributed by atoms with Gasteiger partial charge in [0.1, 0.15) is 0 Å². The van der Waals surface area contributed by atoms with Crippen LogP contribution in [0.2, 0.25) is 0 Å². The third-order valence-corrected chi connectivity index (χ3v) is 2.84. The molecule has 0 saturated carbocycles. The first kappa shape index (κ1) is 12.1. The highest BCUT2D eigenvalue weighted by Crippen LogP contribution is 2.19. The normalized spacial score (nSPS) is 12.2. The van der Waals surface area contributed by atoms with E-state index in [0.29, 0.717) is 0 Å². The molecule has 88 valence electrons. The van der Waals surface area contributed by atoms with Crippen molar-refractivity contribution in [3.63, 3.8) is 0 Å². The Kier molecular flexibility index (Phi) is 4.33. The molecule has 0 spiro atoms. The molecule has 2 aromatic carbocycles. The van der Waals surface area contributed by atoms with E-state index >= 15 is 0 Å². The van der Waals surface area contributed by atoms with E-state index in [2.05, 4.69) is 30.4 Å². The highest BCUT2D eigenvalue weighted by atomic mass is 14.3. The summed E-state index contributed by atoms with van der Waals surface area (Å²) in [6.45, 7) is 0. The van der Waals surface area contributed by atoms with Gasteiger partial charge in [0.25, 0.3) is 0 Å². The second-order valence-electron chi connectivity index (χ2n) is 4.14. The Hall–Kier alpha value is -2.33. The summed E-state index contributed by atoms with van der Waals surface area (Å²) >= 11 is 0. The van der Waals surface area contributed by atoms with Crippen LogP contribution in [0.25, 0.3) is 6.08 Å². The van der Waals surface area contributed by atoms with Crippen LogP contribution in [-0.4, -0.2) is 0 Å². The molecule has 1 heteroatoms. The largest absolute Gasteiger partial charge is 0.198 e. The Morgan fingerprint density at radius 3 is 2.17 bits per heavy atom. The van der Waals surface area contributed by atoms with Crippen molar-refractivity contribution >= 4 is 6.08 Å². The van der Waals surface area contributed by atoms with Crippen LogP contribution in [0.5, 0.6) is 0 Å². The lowest BCUT2D eigenvalue weighted by molar-refractivity contribution is 0.880. The van der Waals surface area contributed by atoms with Crippen molar-refractivity contribution in [1.29, 1.82) is 5.26 Å². The molecule has 0 aliphatic heterocycles. The van der Waals surface area contributed by atoms with Gasteiger partial charge in [-0.25, -0.2) is 0 Å². The zero-order valence-electron chi connectivity index (χ0n) is 10.2. The number of rotatable bonds is 4. The Labute approximate surface area is 108 Å². The fourth-order valence-electron chi connectivity index (χ4n) is 1.85. The minimum atomic E-state index is -0.0637. The second-order valence-corrected chi connectivity index (χ2v) is 4.14. The van der Waals surface area contributed by atoms with Gasteiger partial charge in [-0.15, -0.1) is 0 Å². The number of nitrogens with zero attached hydrogens (tertiary/aromatic N) is 1. The summed E-state index contributed by atoms with van der Waals surface area (Å²) in [7, 11) is 0. The van der Waals surface area contributed by atoms with Crippen molar-refractivity contribution in [3.05, 3.63) is 77.9 Å². The Bertz CT molecular complexity index is 535. The van der Waals surface area contributed by atoms with E-state index in [1.165, 1.54) is 5.56 Å². The van der Waals surface area contributed by atoms with Crippen LogP contribution in [0.1, 0.15) is 23.5 Å². The van der Waals surface area contributed by atoms with Crippen LogP contribution in [0, 0.1) is 11.3 Å². The highest BCUT2D eigenvalue weighted by Gasteiger charge is 2.06. The zero-order valence-corrected chi connectivity index (χ0v) is 10.2. The molecule has 0 amide bonds. The van der Waals surface area contributed by atoms with Crippen molar-refractivity contribution in [2.45, 2.75) is 12.3 Å². The van der Waals surface area contributed by atoms with Gasteiger partial charge >= 0.3 is 0 Å².